The minimum absolute atomic E-state index is 0. The van der Waals surface area contributed by atoms with Crippen molar-refractivity contribution < 1.29 is 39.3 Å². The van der Waals surface area contributed by atoms with Gasteiger partial charge in [-0.05, 0) is 24.3 Å². The smallest absolute Gasteiger partial charge is 0 e. The van der Waals surface area contributed by atoms with Gasteiger partial charge < -0.3 is 10.2 Å². The van der Waals surface area contributed by atoms with Crippen molar-refractivity contribution in [3.63, 3.8) is 0 Å². The maximum Gasteiger partial charge on any atom is 0 e. The van der Waals surface area contributed by atoms with Crippen LogP contribution in [-0.2, 0) is 19.5 Å². The van der Waals surface area contributed by atoms with Gasteiger partial charge >= 0.3 is 49.7 Å². The van der Waals surface area contributed by atoms with E-state index < -0.39 is 11.9 Å². The Labute approximate surface area is 123 Å². The molecule has 1 aromatic carbocycles. The molecule has 0 heterocycles. The molecule has 4 nitrogen and oxygen atoms in total. The third-order valence-electron chi connectivity index (χ3n) is 1.38. The maximum absolute atomic E-state index is 10.3. The summed E-state index contributed by atoms with van der Waals surface area (Å²) in [4.78, 5) is 20.7. The Morgan fingerprint density at radius 2 is 1.07 bits per heavy atom. The summed E-state index contributed by atoms with van der Waals surface area (Å²) in [5.41, 5.74) is 0.167. The van der Waals surface area contributed by atoms with E-state index in [4.69, 9.17) is 10.2 Å². The van der Waals surface area contributed by atoms with Crippen molar-refractivity contribution in [3.05, 3.63) is 35.4 Å². The van der Waals surface area contributed by atoms with Crippen LogP contribution in [0.3, 0.4) is 0 Å². The van der Waals surface area contributed by atoms with Crippen LogP contribution in [0.1, 0.15) is 20.7 Å². The van der Waals surface area contributed by atoms with Gasteiger partial charge in [0.25, 0.3) is 0 Å². The second kappa shape index (κ2) is 7.35. The summed E-state index contributed by atoms with van der Waals surface area (Å²) in [6.07, 6.45) is 0. The fourth-order valence-corrected chi connectivity index (χ4v) is 0.755. The molecule has 68 valence electrons. The summed E-state index contributed by atoms with van der Waals surface area (Å²) < 4.78 is 0. The predicted octanol–water partition coefficient (Wildman–Crippen LogP) is 0.164. The van der Waals surface area contributed by atoms with Gasteiger partial charge in [0.1, 0.15) is 0 Å². The van der Waals surface area contributed by atoms with Gasteiger partial charge in [-0.3, -0.25) is 0 Å². The summed E-state index contributed by atoms with van der Waals surface area (Å²) in [7, 11) is 0. The van der Waals surface area contributed by atoms with Crippen LogP contribution in [0.15, 0.2) is 24.3 Å². The van der Waals surface area contributed by atoms with Gasteiger partial charge in [-0.2, -0.15) is 0 Å². The fourth-order valence-electron chi connectivity index (χ4n) is 0.755. The Bertz CT molecular complexity index is 290. The Morgan fingerprint density at radius 3 is 1.21 bits per heavy atom. The van der Waals surface area contributed by atoms with Gasteiger partial charge in [0.15, 0.2) is 0 Å². The van der Waals surface area contributed by atoms with Crippen molar-refractivity contribution in [2.24, 2.45) is 0 Å². The first-order chi connectivity index (χ1) is 5.61. The third-order valence-corrected chi connectivity index (χ3v) is 1.38. The molecule has 0 saturated heterocycles. The first kappa shape index (κ1) is 16.5. The standard InChI is InChI=1S/C8H6O4.Ca.Zn.2H/c9-7(10)5-1-2-6(4-3-5)8(11)12;;;;/h1-4H,(H,9,10)(H,11,12);;;;. The first-order valence-corrected chi connectivity index (χ1v) is 3.18. The minimum Gasteiger partial charge on any atom is 0 e. The van der Waals surface area contributed by atoms with E-state index >= 15 is 0 Å². The van der Waals surface area contributed by atoms with E-state index in [0.717, 1.165) is 0 Å². The number of hydrogen-bond acceptors (Lipinski definition) is 2. The van der Waals surface area contributed by atoms with Crippen LogP contribution in [0.4, 0.5) is 0 Å². The Morgan fingerprint density at radius 1 is 0.857 bits per heavy atom. The summed E-state index contributed by atoms with van der Waals surface area (Å²) in [6, 6.07) is 5.02. The molecule has 2 N–H and O–H groups in total. The van der Waals surface area contributed by atoms with Crippen molar-refractivity contribution in [3.8, 4) is 0 Å². The molecule has 0 aliphatic rings. The van der Waals surface area contributed by atoms with Crippen LogP contribution in [-0.4, -0.2) is 59.9 Å². The van der Waals surface area contributed by atoms with Gasteiger partial charge in [0.2, 0.25) is 0 Å². The molecular weight excluding hydrogens is 266 g/mol. The monoisotopic (exact) mass is 272 g/mol. The molecule has 0 unspecified atom stereocenters. The van der Waals surface area contributed by atoms with E-state index in [1.54, 1.807) is 0 Å². The number of carboxylic acid groups (broad SMARTS) is 2. The van der Waals surface area contributed by atoms with Crippen LogP contribution >= 0.6 is 0 Å². The van der Waals surface area contributed by atoms with Gasteiger partial charge in [-0.1, -0.05) is 0 Å². The van der Waals surface area contributed by atoms with Crippen LogP contribution in [0, 0.1) is 0 Å². The van der Waals surface area contributed by atoms with E-state index in [-0.39, 0.29) is 68.3 Å². The Kier molecular flexibility index (Phi) is 8.65. The summed E-state index contributed by atoms with van der Waals surface area (Å²) in [5, 5.41) is 16.9. The molecule has 1 aromatic rings. The second-order valence-electron chi connectivity index (χ2n) is 2.19. The third kappa shape index (κ3) is 4.51. The van der Waals surface area contributed by atoms with Gasteiger partial charge in [-0.25, -0.2) is 9.59 Å². The molecule has 0 aliphatic heterocycles. The number of carbonyl (C=O) groups is 2. The molecule has 0 amide bonds. The zero-order chi connectivity index (χ0) is 9.14. The molecule has 0 saturated carbocycles. The Balaban J connectivity index is 0. The topological polar surface area (TPSA) is 74.6 Å². The zero-order valence-electron chi connectivity index (χ0n) is 6.73. The van der Waals surface area contributed by atoms with Crippen molar-refractivity contribution in [1.29, 1.82) is 0 Å². The molecule has 0 aliphatic carbocycles. The quantitative estimate of drug-likeness (QED) is 0.753. The van der Waals surface area contributed by atoms with E-state index in [9.17, 15) is 9.59 Å². The predicted molar refractivity (Wildman–Crippen MR) is 48.9 cm³/mol. The van der Waals surface area contributed by atoms with Crippen molar-refractivity contribution in [2.45, 2.75) is 0 Å². The van der Waals surface area contributed by atoms with Gasteiger partial charge in [0, 0.05) is 19.5 Å². The molecule has 14 heavy (non-hydrogen) atoms. The van der Waals surface area contributed by atoms with Crippen LogP contribution in [0.25, 0.3) is 0 Å². The molecule has 6 heteroatoms. The summed E-state index contributed by atoms with van der Waals surface area (Å²) in [6.45, 7) is 0. The molecule has 0 bridgehead atoms. The zero-order valence-corrected chi connectivity index (χ0v) is 9.69. The number of carboxylic acids is 2. The number of aromatic carboxylic acids is 2. The largest absolute Gasteiger partial charge is 0 e. The van der Waals surface area contributed by atoms with Gasteiger partial charge in [0.05, 0.1) is 11.1 Å². The van der Waals surface area contributed by atoms with Crippen molar-refractivity contribution in [1.82, 2.24) is 0 Å². The van der Waals surface area contributed by atoms with Crippen LogP contribution in [0.2, 0.25) is 0 Å². The average molecular weight is 274 g/mol. The second-order valence-corrected chi connectivity index (χ2v) is 2.19. The Hall–Kier alpha value is 0.0431. The maximum atomic E-state index is 10.3. The molecule has 0 radical (unpaired) electrons. The average Bonchev–Trinajstić information content (AvgIpc) is 2.04. The van der Waals surface area contributed by atoms with E-state index in [1.807, 2.05) is 0 Å². The molecular formula is C8H8CaO4Zn. The molecule has 0 fully saturated rings. The number of hydrogen-bond donors (Lipinski definition) is 2. The molecule has 0 atom stereocenters. The fraction of sp³-hybridized carbons (Fsp3) is 0. The van der Waals surface area contributed by atoms with Gasteiger partial charge in [-0.15, -0.1) is 0 Å². The summed E-state index contributed by atoms with van der Waals surface area (Å²) in [5.74, 6) is -2.13. The molecule has 0 spiro atoms. The van der Waals surface area contributed by atoms with E-state index in [2.05, 4.69) is 0 Å². The molecule has 1 rings (SSSR count). The van der Waals surface area contributed by atoms with Crippen LogP contribution < -0.4 is 0 Å². The van der Waals surface area contributed by atoms with Crippen LogP contribution in [0.5, 0.6) is 0 Å². The van der Waals surface area contributed by atoms with E-state index in [1.165, 1.54) is 24.3 Å². The normalized spacial score (nSPS) is 8.00. The SMILES string of the molecule is O=C(O)c1ccc(C(=O)O)cc1.[CaH2].[Zn]. The minimum atomic E-state index is -1.06. The molecule has 0 aromatic heterocycles. The van der Waals surface area contributed by atoms with E-state index in [0.29, 0.717) is 0 Å². The number of benzene rings is 1. The van der Waals surface area contributed by atoms with Crippen molar-refractivity contribution >= 4 is 49.7 Å². The van der Waals surface area contributed by atoms with Crippen molar-refractivity contribution in [2.75, 3.05) is 0 Å². The summed E-state index contributed by atoms with van der Waals surface area (Å²) >= 11 is 0. The first-order valence-electron chi connectivity index (χ1n) is 3.18. The number of rotatable bonds is 2.